The highest BCUT2D eigenvalue weighted by Crippen LogP contribution is 2.32. The number of amides is 1. The van der Waals surface area contributed by atoms with E-state index in [0.29, 0.717) is 18.5 Å². The Morgan fingerprint density at radius 1 is 1.42 bits per heavy atom. The number of anilines is 1. The number of rotatable bonds is 2. The van der Waals surface area contributed by atoms with Crippen molar-refractivity contribution in [3.8, 4) is 0 Å². The van der Waals surface area contributed by atoms with Gasteiger partial charge in [0, 0.05) is 24.2 Å². The number of halogens is 1. The first kappa shape index (κ1) is 14.4. The molecular formula is C15H21ClN2O. The largest absolute Gasteiger partial charge is 0.313 e. The van der Waals surface area contributed by atoms with Crippen molar-refractivity contribution in [2.24, 2.45) is 0 Å². The summed E-state index contributed by atoms with van der Waals surface area (Å²) in [7, 11) is 0. The predicted molar refractivity (Wildman–Crippen MR) is 80.0 cm³/mol. The van der Waals surface area contributed by atoms with Crippen LogP contribution >= 0.6 is 12.4 Å². The number of nitrogens with zero attached hydrogens (tertiary/aromatic N) is 1. The Morgan fingerprint density at radius 2 is 2.21 bits per heavy atom. The zero-order valence-electron chi connectivity index (χ0n) is 11.3. The third-order valence-electron chi connectivity index (χ3n) is 4.06. The highest BCUT2D eigenvalue weighted by Gasteiger charge is 2.31. The van der Waals surface area contributed by atoms with Gasteiger partial charge in [-0.05, 0) is 44.4 Å². The molecule has 0 bridgehead atoms. The zero-order chi connectivity index (χ0) is 12.5. The molecule has 1 N–H and O–H groups in total. The van der Waals surface area contributed by atoms with Crippen molar-refractivity contribution in [3.05, 3.63) is 29.8 Å². The number of benzene rings is 1. The number of hydrogen-bond donors (Lipinski definition) is 1. The lowest BCUT2D eigenvalue weighted by Gasteiger charge is -2.24. The lowest BCUT2D eigenvalue weighted by Crippen LogP contribution is -2.39. The lowest BCUT2D eigenvalue weighted by atomic mass is 10.1. The number of carbonyl (C=O) groups excluding carboxylic acids is 1. The van der Waals surface area contributed by atoms with E-state index in [1.165, 1.54) is 12.0 Å². The number of nitrogens with one attached hydrogen (secondary N) is 1. The molecule has 2 aliphatic heterocycles. The topological polar surface area (TPSA) is 32.3 Å². The molecule has 0 saturated carbocycles. The fraction of sp³-hybridized carbons (Fsp3) is 0.533. The number of fused-ring (bicyclic) bond motifs is 1. The van der Waals surface area contributed by atoms with Crippen molar-refractivity contribution in [3.63, 3.8) is 0 Å². The maximum Gasteiger partial charge on any atom is 0.228 e. The second kappa shape index (κ2) is 5.93. The van der Waals surface area contributed by atoms with Crippen LogP contribution in [0.3, 0.4) is 0 Å². The summed E-state index contributed by atoms with van der Waals surface area (Å²) in [6.07, 6.45) is 3.96. The molecule has 3 nitrogen and oxygen atoms in total. The molecule has 1 aromatic rings. The van der Waals surface area contributed by atoms with Crippen molar-refractivity contribution in [1.82, 2.24) is 5.32 Å². The van der Waals surface area contributed by atoms with E-state index in [4.69, 9.17) is 0 Å². The Balaban J connectivity index is 0.00000133. The summed E-state index contributed by atoms with van der Waals surface area (Å²) < 4.78 is 0. The Morgan fingerprint density at radius 3 is 2.95 bits per heavy atom. The summed E-state index contributed by atoms with van der Waals surface area (Å²) in [5.41, 5.74) is 2.42. The normalized spacial score (nSPS) is 25.0. The van der Waals surface area contributed by atoms with E-state index in [-0.39, 0.29) is 18.3 Å². The molecule has 4 heteroatoms. The summed E-state index contributed by atoms with van der Waals surface area (Å²) in [5, 5.41) is 3.40. The minimum Gasteiger partial charge on any atom is -0.313 e. The van der Waals surface area contributed by atoms with Gasteiger partial charge in [-0.1, -0.05) is 18.2 Å². The Kier molecular flexibility index (Phi) is 4.48. The van der Waals surface area contributed by atoms with Crippen LogP contribution in [0.15, 0.2) is 24.3 Å². The Bertz CT molecular complexity index is 457. The molecule has 2 heterocycles. The van der Waals surface area contributed by atoms with Crippen LogP contribution in [-0.2, 0) is 11.2 Å². The van der Waals surface area contributed by atoms with Gasteiger partial charge in [0.1, 0.15) is 0 Å². The first-order chi connectivity index (χ1) is 8.75. The standard InChI is InChI=1S/C15H20N2O.ClH/c1-11-9-12-5-2-3-7-14(12)17(11)15(18)10-13-6-4-8-16-13;/h2-3,5,7,11,13,16H,4,6,8-10H2,1H3;1H. The molecule has 2 unspecified atom stereocenters. The SMILES string of the molecule is CC1Cc2ccccc2N1C(=O)CC1CCCN1.Cl. The predicted octanol–water partition coefficient (Wildman–Crippen LogP) is 2.53. The number of hydrogen-bond acceptors (Lipinski definition) is 2. The van der Waals surface area contributed by atoms with Gasteiger partial charge in [-0.2, -0.15) is 0 Å². The molecule has 2 aliphatic rings. The van der Waals surface area contributed by atoms with Crippen molar-refractivity contribution < 1.29 is 4.79 Å². The summed E-state index contributed by atoms with van der Waals surface area (Å²) in [6, 6.07) is 8.96. The fourth-order valence-electron chi connectivity index (χ4n) is 3.19. The molecule has 0 aliphatic carbocycles. The van der Waals surface area contributed by atoms with E-state index in [9.17, 15) is 4.79 Å². The second-order valence-electron chi connectivity index (χ2n) is 5.44. The van der Waals surface area contributed by atoms with Crippen LogP contribution in [0.2, 0.25) is 0 Å². The van der Waals surface area contributed by atoms with Crippen LogP contribution in [-0.4, -0.2) is 24.5 Å². The quantitative estimate of drug-likeness (QED) is 0.903. The highest BCUT2D eigenvalue weighted by molar-refractivity contribution is 5.96. The minimum atomic E-state index is 0. The van der Waals surface area contributed by atoms with Crippen molar-refractivity contribution >= 4 is 24.0 Å². The van der Waals surface area contributed by atoms with Gasteiger partial charge >= 0.3 is 0 Å². The lowest BCUT2D eigenvalue weighted by molar-refractivity contribution is -0.119. The molecule has 1 fully saturated rings. The van der Waals surface area contributed by atoms with Crippen LogP contribution < -0.4 is 10.2 Å². The summed E-state index contributed by atoms with van der Waals surface area (Å²) in [5.74, 6) is 0.270. The second-order valence-corrected chi connectivity index (χ2v) is 5.44. The van der Waals surface area contributed by atoms with E-state index >= 15 is 0 Å². The molecular weight excluding hydrogens is 260 g/mol. The minimum absolute atomic E-state index is 0. The van der Waals surface area contributed by atoms with Crippen molar-refractivity contribution in [2.75, 3.05) is 11.4 Å². The third-order valence-corrected chi connectivity index (χ3v) is 4.06. The van der Waals surface area contributed by atoms with Gasteiger partial charge in [-0.25, -0.2) is 0 Å². The van der Waals surface area contributed by atoms with Gasteiger partial charge < -0.3 is 10.2 Å². The van der Waals surface area contributed by atoms with E-state index < -0.39 is 0 Å². The average Bonchev–Trinajstić information content (AvgIpc) is 2.94. The fourth-order valence-corrected chi connectivity index (χ4v) is 3.19. The van der Waals surface area contributed by atoms with Gasteiger partial charge in [0.05, 0.1) is 0 Å². The molecule has 0 aromatic heterocycles. The van der Waals surface area contributed by atoms with Crippen LogP contribution in [0.4, 0.5) is 5.69 Å². The maximum atomic E-state index is 12.5. The molecule has 104 valence electrons. The molecule has 1 aromatic carbocycles. The van der Waals surface area contributed by atoms with E-state index in [1.807, 2.05) is 11.0 Å². The van der Waals surface area contributed by atoms with Crippen molar-refractivity contribution in [2.45, 2.75) is 44.7 Å². The zero-order valence-corrected chi connectivity index (χ0v) is 12.1. The summed E-state index contributed by atoms with van der Waals surface area (Å²) >= 11 is 0. The van der Waals surface area contributed by atoms with Gasteiger partial charge in [0.2, 0.25) is 5.91 Å². The number of carbonyl (C=O) groups is 1. The molecule has 1 saturated heterocycles. The monoisotopic (exact) mass is 280 g/mol. The van der Waals surface area contributed by atoms with Crippen molar-refractivity contribution in [1.29, 1.82) is 0 Å². The molecule has 0 radical (unpaired) electrons. The Hall–Kier alpha value is -1.06. The highest BCUT2D eigenvalue weighted by atomic mass is 35.5. The molecule has 19 heavy (non-hydrogen) atoms. The van der Waals surface area contributed by atoms with E-state index in [0.717, 1.165) is 25.1 Å². The molecule has 3 rings (SSSR count). The van der Waals surface area contributed by atoms with Crippen LogP contribution in [0.5, 0.6) is 0 Å². The molecule has 1 amide bonds. The van der Waals surface area contributed by atoms with Gasteiger partial charge in [0.15, 0.2) is 0 Å². The average molecular weight is 281 g/mol. The van der Waals surface area contributed by atoms with E-state index in [1.54, 1.807) is 0 Å². The smallest absolute Gasteiger partial charge is 0.228 e. The Labute approximate surface area is 120 Å². The summed E-state index contributed by atoms with van der Waals surface area (Å²) in [6.45, 7) is 3.20. The molecule has 2 atom stereocenters. The summed E-state index contributed by atoms with van der Waals surface area (Å²) in [4.78, 5) is 14.5. The van der Waals surface area contributed by atoms with Gasteiger partial charge in [0.25, 0.3) is 0 Å². The van der Waals surface area contributed by atoms with Crippen LogP contribution in [0.1, 0.15) is 31.7 Å². The van der Waals surface area contributed by atoms with Crippen LogP contribution in [0, 0.1) is 0 Å². The molecule has 0 spiro atoms. The first-order valence-electron chi connectivity index (χ1n) is 6.89. The third kappa shape index (κ3) is 2.77. The first-order valence-corrected chi connectivity index (χ1v) is 6.89. The maximum absolute atomic E-state index is 12.5. The van der Waals surface area contributed by atoms with Gasteiger partial charge in [-0.15, -0.1) is 12.4 Å². The van der Waals surface area contributed by atoms with Gasteiger partial charge in [-0.3, -0.25) is 4.79 Å². The number of para-hydroxylation sites is 1. The van der Waals surface area contributed by atoms with E-state index in [2.05, 4.69) is 30.4 Å². The van der Waals surface area contributed by atoms with Crippen LogP contribution in [0.25, 0.3) is 0 Å².